The quantitative estimate of drug-likeness (QED) is 0.519. The number of carbonyl (C=O) groups excluding carboxylic acids is 1. The monoisotopic (exact) mass is 395 g/mol. The molecule has 0 fully saturated rings. The Labute approximate surface area is 164 Å². The molecule has 0 unspecified atom stereocenters. The van der Waals surface area contributed by atoms with Crippen LogP contribution in [0.1, 0.15) is 10.6 Å². The fourth-order valence-corrected chi connectivity index (χ4v) is 3.52. The lowest BCUT2D eigenvalue weighted by molar-refractivity contribution is 0.140. The Balaban J connectivity index is 1.29. The largest absolute Gasteiger partial charge is 0.445 e. The Bertz CT molecular complexity index is 1150. The van der Waals surface area contributed by atoms with Gasteiger partial charge in [0.15, 0.2) is 5.58 Å². The van der Waals surface area contributed by atoms with E-state index in [2.05, 4.69) is 15.3 Å². The molecule has 2 aromatic heterocycles. The Morgan fingerprint density at radius 3 is 2.93 bits per heavy atom. The molecule has 0 atom stereocenters. The normalized spacial score (nSPS) is 10.9. The molecule has 0 aliphatic heterocycles. The fraction of sp³-hybridized carbons (Fsp3) is 0.150. The van der Waals surface area contributed by atoms with Crippen molar-refractivity contribution < 1.29 is 13.9 Å². The number of amides is 1. The summed E-state index contributed by atoms with van der Waals surface area (Å²) < 4.78 is 10.3. The highest BCUT2D eigenvalue weighted by Gasteiger charge is 2.09. The third-order valence-corrected chi connectivity index (χ3v) is 5.00. The van der Waals surface area contributed by atoms with Crippen LogP contribution >= 0.6 is 11.3 Å². The Morgan fingerprint density at radius 2 is 2.07 bits per heavy atom. The number of H-pyrrole nitrogens is 1. The molecular formula is C20H17N3O4S. The molecule has 7 nitrogen and oxygen atoms in total. The maximum absolute atomic E-state index is 11.8. The second-order valence-electron chi connectivity index (χ2n) is 6.09. The van der Waals surface area contributed by atoms with Gasteiger partial charge in [-0.2, -0.15) is 0 Å². The Morgan fingerprint density at radius 1 is 1.21 bits per heavy atom. The second kappa shape index (κ2) is 8.10. The van der Waals surface area contributed by atoms with E-state index in [1.54, 1.807) is 12.1 Å². The van der Waals surface area contributed by atoms with Crippen molar-refractivity contribution in [1.29, 1.82) is 0 Å². The molecule has 4 aromatic rings. The van der Waals surface area contributed by atoms with Gasteiger partial charge in [0.1, 0.15) is 6.61 Å². The highest BCUT2D eigenvalue weighted by Crippen LogP contribution is 2.25. The van der Waals surface area contributed by atoms with Gasteiger partial charge >= 0.3 is 11.8 Å². The van der Waals surface area contributed by atoms with E-state index < -0.39 is 11.8 Å². The first-order chi connectivity index (χ1) is 13.7. The molecule has 2 aromatic carbocycles. The van der Waals surface area contributed by atoms with E-state index in [4.69, 9.17) is 9.15 Å². The minimum Gasteiger partial charge on any atom is -0.445 e. The second-order valence-corrected chi connectivity index (χ2v) is 7.03. The third kappa shape index (κ3) is 4.29. The van der Waals surface area contributed by atoms with Crippen LogP contribution in [0, 0.1) is 0 Å². The lowest BCUT2D eigenvalue weighted by Gasteiger charge is -2.06. The van der Waals surface area contributed by atoms with E-state index in [1.807, 2.05) is 41.8 Å². The van der Waals surface area contributed by atoms with Crippen molar-refractivity contribution in [2.45, 2.75) is 13.0 Å². The Hall–Kier alpha value is -3.39. The van der Waals surface area contributed by atoms with Gasteiger partial charge in [0.05, 0.1) is 16.2 Å². The minimum atomic E-state index is -0.476. The summed E-state index contributed by atoms with van der Waals surface area (Å²) in [4.78, 5) is 30.2. The zero-order valence-corrected chi connectivity index (χ0v) is 15.6. The molecule has 0 aliphatic carbocycles. The molecule has 1 amide bonds. The van der Waals surface area contributed by atoms with Crippen molar-refractivity contribution in [3.63, 3.8) is 0 Å². The highest BCUT2D eigenvalue weighted by atomic mass is 32.1. The first-order valence-electron chi connectivity index (χ1n) is 8.69. The topological polar surface area (TPSA) is 97.2 Å². The SMILES string of the molecule is O=C(NCCc1nc(-c2ccc3[nH]c(=O)oc3c2)cs1)OCc1ccccc1. The van der Waals surface area contributed by atoms with Crippen molar-refractivity contribution in [2.75, 3.05) is 6.54 Å². The molecule has 0 spiro atoms. The van der Waals surface area contributed by atoms with E-state index in [0.29, 0.717) is 24.1 Å². The number of benzene rings is 2. The number of aromatic nitrogens is 2. The van der Waals surface area contributed by atoms with Gasteiger partial charge in [0.25, 0.3) is 0 Å². The van der Waals surface area contributed by atoms with Gasteiger partial charge < -0.3 is 14.5 Å². The fourth-order valence-electron chi connectivity index (χ4n) is 2.71. The molecular weight excluding hydrogens is 378 g/mol. The number of alkyl carbamates (subject to hydrolysis) is 1. The van der Waals surface area contributed by atoms with Crippen molar-refractivity contribution >= 4 is 28.5 Å². The predicted molar refractivity (Wildman–Crippen MR) is 106 cm³/mol. The minimum absolute atomic E-state index is 0.242. The van der Waals surface area contributed by atoms with E-state index >= 15 is 0 Å². The summed E-state index contributed by atoms with van der Waals surface area (Å²) in [6.07, 6.45) is 0.153. The van der Waals surface area contributed by atoms with Crippen LogP contribution in [-0.2, 0) is 17.8 Å². The van der Waals surface area contributed by atoms with Crippen LogP contribution in [0.15, 0.2) is 63.1 Å². The molecule has 0 bridgehead atoms. The number of hydrogen-bond donors (Lipinski definition) is 2. The van der Waals surface area contributed by atoms with E-state index in [1.165, 1.54) is 11.3 Å². The summed E-state index contributed by atoms with van der Waals surface area (Å²) in [5, 5.41) is 5.57. The lowest BCUT2D eigenvalue weighted by atomic mass is 10.1. The zero-order chi connectivity index (χ0) is 19.3. The lowest BCUT2D eigenvalue weighted by Crippen LogP contribution is -2.26. The number of carbonyl (C=O) groups is 1. The van der Waals surface area contributed by atoms with E-state index in [0.717, 1.165) is 21.8 Å². The van der Waals surface area contributed by atoms with Crippen LogP contribution in [0.25, 0.3) is 22.4 Å². The van der Waals surface area contributed by atoms with Gasteiger partial charge in [-0.1, -0.05) is 36.4 Å². The summed E-state index contributed by atoms with van der Waals surface area (Å²) in [5.41, 5.74) is 3.77. The van der Waals surface area contributed by atoms with E-state index in [9.17, 15) is 9.59 Å². The number of nitrogens with zero attached hydrogens (tertiary/aromatic N) is 1. The van der Waals surface area contributed by atoms with Crippen LogP contribution in [-0.4, -0.2) is 22.6 Å². The maximum Gasteiger partial charge on any atom is 0.417 e. The van der Waals surface area contributed by atoms with Crippen LogP contribution in [0.4, 0.5) is 4.79 Å². The van der Waals surface area contributed by atoms with Gasteiger partial charge in [0.2, 0.25) is 0 Å². The molecule has 0 radical (unpaired) electrons. The highest BCUT2D eigenvalue weighted by molar-refractivity contribution is 7.09. The van der Waals surface area contributed by atoms with Crippen molar-refractivity contribution in [3.8, 4) is 11.3 Å². The maximum atomic E-state index is 11.8. The zero-order valence-electron chi connectivity index (χ0n) is 14.8. The number of fused-ring (bicyclic) bond motifs is 1. The molecule has 8 heteroatoms. The number of hydrogen-bond acceptors (Lipinski definition) is 6. The first-order valence-corrected chi connectivity index (χ1v) is 9.57. The summed E-state index contributed by atoms with van der Waals surface area (Å²) in [6.45, 7) is 0.679. The summed E-state index contributed by atoms with van der Waals surface area (Å²) in [5.74, 6) is -0.476. The molecule has 142 valence electrons. The van der Waals surface area contributed by atoms with Crippen LogP contribution in [0.5, 0.6) is 0 Å². The average Bonchev–Trinajstić information content (AvgIpc) is 3.32. The van der Waals surface area contributed by atoms with E-state index in [-0.39, 0.29) is 6.61 Å². The van der Waals surface area contributed by atoms with Crippen molar-refractivity contribution in [2.24, 2.45) is 0 Å². The summed E-state index contributed by atoms with van der Waals surface area (Å²) in [6, 6.07) is 15.0. The summed E-state index contributed by atoms with van der Waals surface area (Å²) >= 11 is 1.51. The van der Waals surface area contributed by atoms with Gasteiger partial charge in [-0.05, 0) is 17.7 Å². The first kappa shape index (κ1) is 18.0. The molecule has 28 heavy (non-hydrogen) atoms. The van der Waals surface area contributed by atoms with Gasteiger partial charge in [-0.15, -0.1) is 11.3 Å². The molecule has 4 rings (SSSR count). The van der Waals surface area contributed by atoms with Gasteiger partial charge in [-0.25, -0.2) is 14.6 Å². The molecule has 2 N–H and O–H groups in total. The third-order valence-electron chi connectivity index (χ3n) is 4.09. The van der Waals surface area contributed by atoms with Crippen LogP contribution in [0.3, 0.4) is 0 Å². The van der Waals surface area contributed by atoms with Crippen LogP contribution in [0.2, 0.25) is 0 Å². The number of aromatic amines is 1. The van der Waals surface area contributed by atoms with Gasteiger partial charge in [-0.3, -0.25) is 4.98 Å². The van der Waals surface area contributed by atoms with Crippen molar-refractivity contribution in [3.05, 3.63) is 75.0 Å². The number of ether oxygens (including phenoxy) is 1. The van der Waals surface area contributed by atoms with Gasteiger partial charge in [0, 0.05) is 23.9 Å². The molecule has 0 saturated heterocycles. The number of nitrogens with one attached hydrogen (secondary N) is 2. The smallest absolute Gasteiger partial charge is 0.417 e. The Kier molecular flexibility index (Phi) is 5.20. The van der Waals surface area contributed by atoms with Crippen molar-refractivity contribution in [1.82, 2.24) is 15.3 Å². The summed E-state index contributed by atoms with van der Waals surface area (Å²) in [7, 11) is 0. The number of thiazole rings is 1. The number of oxazole rings is 1. The molecule has 0 aliphatic rings. The average molecular weight is 395 g/mol. The predicted octanol–water partition coefficient (Wildman–Crippen LogP) is 3.71. The molecule has 0 saturated carbocycles. The number of rotatable bonds is 6. The standard InChI is InChI=1S/C20H17N3O4S/c24-19(26-11-13-4-2-1-3-5-13)21-9-8-18-22-16(12-28-18)14-6-7-15-17(10-14)27-20(25)23-15/h1-7,10,12H,8-9,11H2,(H,21,24)(H,23,25). The van der Waals surface area contributed by atoms with Crippen LogP contribution < -0.4 is 11.1 Å². The molecule has 2 heterocycles.